The normalized spacial score (nSPS) is 14.5. The average Bonchev–Trinajstić information content (AvgIpc) is 2.73. The third-order valence-electron chi connectivity index (χ3n) is 4.52. The second-order valence-electron chi connectivity index (χ2n) is 6.95. The molecule has 0 unspecified atom stereocenters. The Bertz CT molecular complexity index is 644. The molecule has 29 heavy (non-hydrogen) atoms. The van der Waals surface area contributed by atoms with Crippen molar-refractivity contribution < 1.29 is 19.4 Å². The van der Waals surface area contributed by atoms with Crippen LogP contribution in [0, 0.1) is 0 Å². The van der Waals surface area contributed by atoms with E-state index in [1.807, 2.05) is 18.2 Å². The number of nitrogens with zero attached hydrogens (tertiary/aromatic N) is 3. The van der Waals surface area contributed by atoms with Crippen molar-refractivity contribution in [2.45, 2.75) is 70.1 Å². The van der Waals surface area contributed by atoms with Crippen LogP contribution in [0.3, 0.4) is 0 Å². The van der Waals surface area contributed by atoms with Gasteiger partial charge in [-0.1, -0.05) is 61.1 Å². The number of hydrogen-bond donors (Lipinski definition) is 3. The lowest BCUT2D eigenvalue weighted by atomic mass is 9.97. The summed E-state index contributed by atoms with van der Waals surface area (Å²) in [6.45, 7) is 0.386. The van der Waals surface area contributed by atoms with Gasteiger partial charge in [0, 0.05) is 17.5 Å². The van der Waals surface area contributed by atoms with Gasteiger partial charge in [-0.05, 0) is 36.8 Å². The largest absolute Gasteiger partial charge is 0.480 e. The first kappa shape index (κ1) is 24.3. The molecule has 1 aromatic rings. The van der Waals surface area contributed by atoms with Crippen LogP contribution in [0.15, 0.2) is 35.4 Å². The molecule has 9 heteroatoms. The van der Waals surface area contributed by atoms with Crippen molar-refractivity contribution in [1.29, 1.82) is 0 Å². The van der Waals surface area contributed by atoms with E-state index < -0.39 is 18.1 Å². The molecule has 0 spiro atoms. The predicted octanol–water partition coefficient (Wildman–Crippen LogP) is 4.12. The van der Waals surface area contributed by atoms with Gasteiger partial charge in [-0.2, -0.15) is 0 Å². The molecule has 9 nitrogen and oxygen atoms in total. The fourth-order valence-corrected chi connectivity index (χ4v) is 2.87. The topological polar surface area (TPSA) is 150 Å². The Kier molecular flexibility index (Phi) is 12.7. The van der Waals surface area contributed by atoms with Crippen LogP contribution in [-0.4, -0.2) is 35.8 Å². The predicted molar refractivity (Wildman–Crippen MR) is 110 cm³/mol. The lowest BCUT2D eigenvalue weighted by Crippen LogP contribution is -2.41. The summed E-state index contributed by atoms with van der Waals surface area (Å²) >= 11 is 0. The number of carbonyl (C=O) groups excluding carboxylic acids is 1. The van der Waals surface area contributed by atoms with Crippen molar-refractivity contribution in [3.8, 4) is 0 Å². The molecule has 1 fully saturated rings. The van der Waals surface area contributed by atoms with Gasteiger partial charge < -0.3 is 20.9 Å². The maximum atomic E-state index is 11.6. The van der Waals surface area contributed by atoms with E-state index in [9.17, 15) is 9.59 Å². The zero-order chi connectivity index (χ0) is 21.3. The summed E-state index contributed by atoms with van der Waals surface area (Å²) in [5, 5.41) is 14.7. The van der Waals surface area contributed by atoms with Gasteiger partial charge in [-0.25, -0.2) is 9.59 Å². The minimum atomic E-state index is -1.12. The first-order chi connectivity index (χ1) is 14.0. The van der Waals surface area contributed by atoms with Crippen LogP contribution in [0.4, 0.5) is 4.79 Å². The van der Waals surface area contributed by atoms with Crippen LogP contribution in [0.2, 0.25) is 0 Å². The van der Waals surface area contributed by atoms with Crippen molar-refractivity contribution in [3.05, 3.63) is 46.3 Å². The number of carboxylic acid groups (broad SMARTS) is 1. The maximum Gasteiger partial charge on any atom is 0.408 e. The Labute approximate surface area is 171 Å². The van der Waals surface area contributed by atoms with E-state index in [-0.39, 0.29) is 13.0 Å². The highest BCUT2D eigenvalue weighted by Gasteiger charge is 2.20. The van der Waals surface area contributed by atoms with Gasteiger partial charge in [0.05, 0.1) is 0 Å². The van der Waals surface area contributed by atoms with Gasteiger partial charge in [0.1, 0.15) is 12.6 Å². The molecule has 0 radical (unpaired) electrons. The quantitative estimate of drug-likeness (QED) is 0.244. The van der Waals surface area contributed by atoms with Crippen LogP contribution in [0.25, 0.3) is 10.4 Å². The summed E-state index contributed by atoms with van der Waals surface area (Å²) in [5.74, 6) is -1.12. The molecule has 160 valence electrons. The molecule has 0 saturated heterocycles. The molecule has 1 aliphatic carbocycles. The Morgan fingerprint density at radius 2 is 1.93 bits per heavy atom. The monoisotopic (exact) mass is 405 g/mol. The number of carbonyl (C=O) groups is 2. The maximum absolute atomic E-state index is 11.6. The molecule has 1 amide bonds. The van der Waals surface area contributed by atoms with E-state index in [4.69, 9.17) is 21.1 Å². The first-order valence-corrected chi connectivity index (χ1v) is 9.99. The molecule has 0 bridgehead atoms. The summed E-state index contributed by atoms with van der Waals surface area (Å²) in [6, 6.07) is 8.61. The molecular weight excluding hydrogens is 374 g/mol. The van der Waals surface area contributed by atoms with Crippen LogP contribution in [-0.2, 0) is 16.1 Å². The number of aliphatic carboxylic acids is 1. The highest BCUT2D eigenvalue weighted by molar-refractivity contribution is 5.79. The van der Waals surface area contributed by atoms with Gasteiger partial charge in [0.2, 0.25) is 0 Å². The van der Waals surface area contributed by atoms with Crippen LogP contribution in [0.1, 0.15) is 56.9 Å². The lowest BCUT2D eigenvalue weighted by Gasteiger charge is -2.15. The van der Waals surface area contributed by atoms with E-state index >= 15 is 0 Å². The molecule has 1 saturated carbocycles. The van der Waals surface area contributed by atoms with Gasteiger partial charge in [0.15, 0.2) is 0 Å². The summed E-state index contributed by atoms with van der Waals surface area (Å²) in [6.07, 6.45) is 7.22. The second-order valence-corrected chi connectivity index (χ2v) is 6.95. The van der Waals surface area contributed by atoms with E-state index in [0.29, 0.717) is 25.4 Å². The van der Waals surface area contributed by atoms with Crippen molar-refractivity contribution in [3.63, 3.8) is 0 Å². The molecule has 1 aromatic carbocycles. The Hall–Kier alpha value is -2.77. The number of hydrogen-bond acceptors (Lipinski definition) is 5. The Morgan fingerprint density at radius 3 is 2.48 bits per heavy atom. The Balaban J connectivity index is 0.000000502. The van der Waals surface area contributed by atoms with Crippen LogP contribution in [0.5, 0.6) is 0 Å². The fraction of sp³-hybridized carbons (Fsp3) is 0.600. The molecular formula is C20H31N5O4. The third-order valence-corrected chi connectivity index (χ3v) is 4.52. The van der Waals surface area contributed by atoms with Crippen molar-refractivity contribution in [1.82, 2.24) is 5.32 Å². The number of ether oxygens (including phenoxy) is 1. The number of nitrogens with one attached hydrogen (secondary N) is 1. The van der Waals surface area contributed by atoms with E-state index in [2.05, 4.69) is 15.3 Å². The highest BCUT2D eigenvalue weighted by Crippen LogP contribution is 2.14. The molecule has 0 aliphatic heterocycles. The number of rotatable bonds is 9. The highest BCUT2D eigenvalue weighted by atomic mass is 16.5. The number of unbranched alkanes of at least 4 members (excludes halogenated alkanes) is 1. The van der Waals surface area contributed by atoms with Crippen molar-refractivity contribution in [2.75, 3.05) is 6.54 Å². The van der Waals surface area contributed by atoms with Gasteiger partial charge in [-0.3, -0.25) is 0 Å². The number of carboxylic acids is 1. The molecule has 0 heterocycles. The fourth-order valence-electron chi connectivity index (χ4n) is 2.87. The molecule has 0 aromatic heterocycles. The summed E-state index contributed by atoms with van der Waals surface area (Å²) in [5.41, 5.74) is 14.6. The van der Waals surface area contributed by atoms with Crippen LogP contribution < -0.4 is 11.1 Å². The smallest absolute Gasteiger partial charge is 0.408 e. The summed E-state index contributed by atoms with van der Waals surface area (Å²) in [7, 11) is 0. The van der Waals surface area contributed by atoms with Gasteiger partial charge in [-0.15, -0.1) is 0 Å². The molecule has 1 atom stereocenters. The van der Waals surface area contributed by atoms with Gasteiger partial charge >= 0.3 is 12.1 Å². The number of nitrogens with two attached hydrogens (primary N) is 1. The standard InChI is InChI=1S/C14H18N4O4.C6H13N/c15-18-16-9-5-4-8-12(13(19)20)17-14(21)22-10-11-6-2-1-3-7-11;7-6-4-2-1-3-5-6/h1-3,6-7,12H,4-5,8-10H2,(H,17,21)(H,19,20);6H,1-5,7H2/t12-;/m0./s1. The van der Waals surface area contributed by atoms with E-state index in [0.717, 1.165) is 5.56 Å². The number of benzene rings is 1. The zero-order valence-electron chi connectivity index (χ0n) is 16.7. The molecule has 2 rings (SSSR count). The number of alkyl carbamates (subject to hydrolysis) is 1. The molecule has 4 N–H and O–H groups in total. The first-order valence-electron chi connectivity index (χ1n) is 9.99. The molecule has 1 aliphatic rings. The van der Waals surface area contributed by atoms with Crippen molar-refractivity contribution >= 4 is 12.1 Å². The zero-order valence-corrected chi connectivity index (χ0v) is 16.7. The minimum Gasteiger partial charge on any atom is -0.480 e. The summed E-state index contributed by atoms with van der Waals surface area (Å²) in [4.78, 5) is 25.3. The summed E-state index contributed by atoms with van der Waals surface area (Å²) < 4.78 is 4.97. The van der Waals surface area contributed by atoms with Crippen LogP contribution >= 0.6 is 0 Å². The van der Waals surface area contributed by atoms with Crippen molar-refractivity contribution in [2.24, 2.45) is 10.8 Å². The Morgan fingerprint density at radius 1 is 1.24 bits per heavy atom. The SMILES string of the molecule is NC1CCCCC1.[N-]=[N+]=NCCCC[C@H](NC(=O)OCc1ccccc1)C(=O)O. The number of azide groups is 1. The third kappa shape index (κ3) is 12.3. The minimum absolute atomic E-state index is 0.0793. The lowest BCUT2D eigenvalue weighted by molar-refractivity contribution is -0.139. The second kappa shape index (κ2) is 15.2. The van der Waals surface area contributed by atoms with Gasteiger partial charge in [0.25, 0.3) is 0 Å². The average molecular weight is 405 g/mol. The number of amides is 1. The van der Waals surface area contributed by atoms with E-state index in [1.54, 1.807) is 12.1 Å². The van der Waals surface area contributed by atoms with E-state index in [1.165, 1.54) is 32.1 Å².